The summed E-state index contributed by atoms with van der Waals surface area (Å²) in [4.78, 5) is 1.28. The molecule has 1 unspecified atom stereocenters. The van der Waals surface area contributed by atoms with Crippen molar-refractivity contribution in [3.8, 4) is 0 Å². The number of nitrogens with zero attached hydrogens (tertiary/aromatic N) is 1. The highest BCUT2D eigenvalue weighted by atomic mass is 32.2. The molecule has 0 spiro atoms. The first-order chi connectivity index (χ1) is 7.17. The number of rotatable bonds is 5. The van der Waals surface area contributed by atoms with Crippen LogP contribution in [0.4, 0.5) is 0 Å². The van der Waals surface area contributed by atoms with Crippen LogP contribution < -0.4 is 0 Å². The third kappa shape index (κ3) is 3.86. The highest BCUT2D eigenvalue weighted by Crippen LogP contribution is 2.16. The number of likely N-dealkylation sites (N-methyl/N-ethyl adjacent to an activating group) is 1. The van der Waals surface area contributed by atoms with Crippen molar-refractivity contribution in [1.82, 2.24) is 5.06 Å². The van der Waals surface area contributed by atoms with Crippen LogP contribution in [0.1, 0.15) is 18.9 Å². The molecule has 0 aliphatic heterocycles. The Balaban J connectivity index is 2.63. The molecule has 15 heavy (non-hydrogen) atoms. The Morgan fingerprint density at radius 3 is 2.33 bits per heavy atom. The van der Waals surface area contributed by atoms with Crippen molar-refractivity contribution in [1.29, 1.82) is 0 Å². The first kappa shape index (κ1) is 12.6. The normalized spacial score (nSPS) is 13.1. The summed E-state index contributed by atoms with van der Waals surface area (Å²) in [7, 11) is 1.71. The predicted molar refractivity (Wildman–Crippen MR) is 65.6 cm³/mol. The Kier molecular flexibility index (Phi) is 5.15. The molecule has 0 saturated carbocycles. The molecule has 0 bridgehead atoms. The quantitative estimate of drug-likeness (QED) is 0.615. The fourth-order valence-corrected chi connectivity index (χ4v) is 1.98. The van der Waals surface area contributed by atoms with E-state index in [1.54, 1.807) is 18.8 Å². The third-order valence-corrected chi connectivity index (χ3v) is 3.37. The molecule has 0 aromatic heterocycles. The molecule has 0 saturated heterocycles. The Labute approximate surface area is 96.3 Å². The van der Waals surface area contributed by atoms with Crippen LogP contribution in [0.25, 0.3) is 0 Å². The van der Waals surface area contributed by atoms with Crippen LogP contribution in [0.2, 0.25) is 0 Å². The summed E-state index contributed by atoms with van der Waals surface area (Å²) in [5.74, 6) is 0. The summed E-state index contributed by atoms with van der Waals surface area (Å²) in [5.41, 5.74) is 1.28. The summed E-state index contributed by atoms with van der Waals surface area (Å²) in [5, 5.41) is 10.7. The average molecular weight is 225 g/mol. The van der Waals surface area contributed by atoms with Crippen molar-refractivity contribution in [3.63, 3.8) is 0 Å². The topological polar surface area (TPSA) is 23.5 Å². The smallest absolute Gasteiger partial charge is 0.0384 e. The molecule has 3 heteroatoms. The molecule has 1 atom stereocenters. The summed E-state index contributed by atoms with van der Waals surface area (Å²) in [6, 6.07) is 8.75. The summed E-state index contributed by atoms with van der Waals surface area (Å²) in [6.07, 6.45) is 3.93. The molecular formula is C12H19NOS. The molecule has 1 N–H and O–H groups in total. The van der Waals surface area contributed by atoms with Crippen molar-refractivity contribution in [2.24, 2.45) is 0 Å². The van der Waals surface area contributed by atoms with Gasteiger partial charge in [0.05, 0.1) is 0 Å². The van der Waals surface area contributed by atoms with Gasteiger partial charge in [-0.3, -0.25) is 0 Å². The van der Waals surface area contributed by atoms with Gasteiger partial charge < -0.3 is 5.21 Å². The molecule has 2 nitrogen and oxygen atoms in total. The van der Waals surface area contributed by atoms with Gasteiger partial charge in [-0.2, -0.15) is 5.06 Å². The molecule has 1 rings (SSSR count). The maximum absolute atomic E-state index is 9.40. The van der Waals surface area contributed by atoms with E-state index in [-0.39, 0.29) is 6.04 Å². The monoisotopic (exact) mass is 225 g/mol. The van der Waals surface area contributed by atoms with E-state index in [1.807, 2.05) is 0 Å². The molecule has 0 fully saturated rings. The van der Waals surface area contributed by atoms with E-state index in [4.69, 9.17) is 0 Å². The van der Waals surface area contributed by atoms with E-state index in [1.165, 1.54) is 15.5 Å². The largest absolute Gasteiger partial charge is 0.314 e. The van der Waals surface area contributed by atoms with Crippen molar-refractivity contribution in [3.05, 3.63) is 29.8 Å². The molecule has 84 valence electrons. The van der Waals surface area contributed by atoms with Crippen LogP contribution in [0.3, 0.4) is 0 Å². The zero-order chi connectivity index (χ0) is 11.3. The zero-order valence-corrected chi connectivity index (χ0v) is 10.4. The Bertz CT molecular complexity index is 284. The summed E-state index contributed by atoms with van der Waals surface area (Å²) < 4.78 is 0. The Hall–Kier alpha value is -0.510. The Morgan fingerprint density at radius 1 is 1.33 bits per heavy atom. The van der Waals surface area contributed by atoms with Crippen LogP contribution >= 0.6 is 11.8 Å². The van der Waals surface area contributed by atoms with Gasteiger partial charge in [0.25, 0.3) is 0 Å². The van der Waals surface area contributed by atoms with Crippen molar-refractivity contribution in [2.45, 2.75) is 30.7 Å². The second-order valence-electron chi connectivity index (χ2n) is 3.69. The Morgan fingerprint density at radius 2 is 1.93 bits per heavy atom. The highest BCUT2D eigenvalue weighted by Gasteiger charge is 2.10. The van der Waals surface area contributed by atoms with Crippen LogP contribution in [0, 0.1) is 0 Å². The van der Waals surface area contributed by atoms with Crippen LogP contribution in [-0.2, 0) is 6.42 Å². The van der Waals surface area contributed by atoms with E-state index < -0.39 is 0 Å². The van der Waals surface area contributed by atoms with E-state index >= 15 is 0 Å². The van der Waals surface area contributed by atoms with Crippen LogP contribution in [-0.4, -0.2) is 29.6 Å². The fraction of sp³-hybridized carbons (Fsp3) is 0.500. The van der Waals surface area contributed by atoms with Gasteiger partial charge in [-0.1, -0.05) is 19.1 Å². The highest BCUT2D eigenvalue weighted by molar-refractivity contribution is 7.98. The van der Waals surface area contributed by atoms with Gasteiger partial charge in [0.2, 0.25) is 0 Å². The molecular weight excluding hydrogens is 206 g/mol. The van der Waals surface area contributed by atoms with Gasteiger partial charge >= 0.3 is 0 Å². The maximum Gasteiger partial charge on any atom is 0.0384 e. The minimum atomic E-state index is 0.213. The minimum Gasteiger partial charge on any atom is -0.314 e. The minimum absolute atomic E-state index is 0.213. The number of benzene rings is 1. The lowest BCUT2D eigenvalue weighted by Crippen LogP contribution is -2.29. The molecule has 1 aromatic carbocycles. The first-order valence-corrected chi connectivity index (χ1v) is 6.44. The molecule has 0 radical (unpaired) electrons. The van der Waals surface area contributed by atoms with Gasteiger partial charge in [0, 0.05) is 18.0 Å². The van der Waals surface area contributed by atoms with Crippen LogP contribution in [0.15, 0.2) is 29.2 Å². The SMILES string of the molecule is CCC(Cc1ccc(SC)cc1)N(C)O. The number of hydrogen-bond acceptors (Lipinski definition) is 3. The van der Waals surface area contributed by atoms with Crippen molar-refractivity contribution < 1.29 is 5.21 Å². The molecule has 0 aliphatic carbocycles. The van der Waals surface area contributed by atoms with E-state index in [0.29, 0.717) is 0 Å². The lowest BCUT2D eigenvalue weighted by atomic mass is 10.0. The molecule has 0 aliphatic rings. The second-order valence-corrected chi connectivity index (χ2v) is 4.57. The summed E-state index contributed by atoms with van der Waals surface area (Å²) in [6.45, 7) is 2.09. The third-order valence-electron chi connectivity index (χ3n) is 2.63. The molecule has 1 aromatic rings. The van der Waals surface area contributed by atoms with Crippen molar-refractivity contribution in [2.75, 3.05) is 13.3 Å². The number of hydroxylamine groups is 2. The van der Waals surface area contributed by atoms with Gasteiger partial charge in [0.1, 0.15) is 0 Å². The summed E-state index contributed by atoms with van der Waals surface area (Å²) >= 11 is 1.75. The van der Waals surface area contributed by atoms with E-state index in [0.717, 1.165) is 12.8 Å². The standard InChI is InChI=1S/C12H19NOS/c1-4-11(13(2)14)9-10-5-7-12(15-3)8-6-10/h5-8,11,14H,4,9H2,1-3H3. The van der Waals surface area contributed by atoms with E-state index in [2.05, 4.69) is 37.4 Å². The second kappa shape index (κ2) is 6.16. The average Bonchev–Trinajstić information content (AvgIpc) is 2.26. The van der Waals surface area contributed by atoms with Gasteiger partial charge in [0.15, 0.2) is 0 Å². The van der Waals surface area contributed by atoms with Crippen molar-refractivity contribution >= 4 is 11.8 Å². The number of thioether (sulfide) groups is 1. The van der Waals surface area contributed by atoms with Crippen LogP contribution in [0.5, 0.6) is 0 Å². The van der Waals surface area contributed by atoms with Gasteiger partial charge in [-0.15, -0.1) is 11.8 Å². The van der Waals surface area contributed by atoms with E-state index in [9.17, 15) is 5.21 Å². The number of hydrogen-bond donors (Lipinski definition) is 1. The lowest BCUT2D eigenvalue weighted by Gasteiger charge is -2.20. The van der Waals surface area contributed by atoms with Gasteiger partial charge in [-0.25, -0.2) is 0 Å². The maximum atomic E-state index is 9.40. The molecule has 0 heterocycles. The predicted octanol–water partition coefficient (Wildman–Crippen LogP) is 3.05. The first-order valence-electron chi connectivity index (χ1n) is 5.22. The zero-order valence-electron chi connectivity index (χ0n) is 9.60. The molecule has 0 amide bonds. The lowest BCUT2D eigenvalue weighted by molar-refractivity contribution is -0.103. The van der Waals surface area contributed by atoms with Gasteiger partial charge in [-0.05, 0) is 36.8 Å². The fourth-order valence-electron chi connectivity index (χ4n) is 1.57.